The van der Waals surface area contributed by atoms with Gasteiger partial charge in [0.2, 0.25) is 5.91 Å². The number of aryl methyl sites for hydroxylation is 1. The molecule has 1 saturated heterocycles. The van der Waals surface area contributed by atoms with Gasteiger partial charge in [0.1, 0.15) is 21.3 Å². The molecule has 190 valence electrons. The molecule has 5 aromatic heterocycles. The molecule has 1 aliphatic heterocycles. The van der Waals surface area contributed by atoms with Crippen molar-refractivity contribution < 1.29 is 9.59 Å². The highest BCUT2D eigenvalue weighted by atomic mass is 32.1. The van der Waals surface area contributed by atoms with Gasteiger partial charge in [-0.15, -0.1) is 11.3 Å². The number of fused-ring (bicyclic) bond motifs is 5. The van der Waals surface area contributed by atoms with Crippen LogP contribution in [0.1, 0.15) is 17.3 Å². The van der Waals surface area contributed by atoms with Crippen LogP contribution in [-0.2, 0) is 11.8 Å². The first-order chi connectivity index (χ1) is 17.9. The molecule has 12 nitrogen and oxygen atoms in total. The first-order valence-electron chi connectivity index (χ1n) is 12.0. The molecule has 0 aromatic carbocycles. The van der Waals surface area contributed by atoms with Crippen molar-refractivity contribution in [3.63, 3.8) is 0 Å². The molecule has 0 radical (unpaired) electrons. The van der Waals surface area contributed by atoms with Crippen LogP contribution in [0.2, 0.25) is 0 Å². The smallest absolute Gasteiger partial charge is 0.261 e. The van der Waals surface area contributed by atoms with Gasteiger partial charge in [0.25, 0.3) is 11.5 Å². The van der Waals surface area contributed by atoms with Gasteiger partial charge in [-0.25, -0.2) is 4.52 Å². The SMILES string of the molecule is CC(=O)N1CCN(CCNC(=O)c2cnc3c(c2)[nH]c(=O)c2c3nn3cc(-c4cnn(C)c4)sc23)CC1. The van der Waals surface area contributed by atoms with Crippen LogP contribution in [0.25, 0.3) is 37.2 Å². The number of nitrogens with zero attached hydrogens (tertiary/aromatic N) is 7. The van der Waals surface area contributed by atoms with Gasteiger partial charge in [0.05, 0.1) is 22.2 Å². The maximum atomic E-state index is 13.0. The summed E-state index contributed by atoms with van der Waals surface area (Å²) in [5, 5.41) is 12.2. The number of nitrogens with one attached hydrogen (secondary N) is 2. The van der Waals surface area contributed by atoms with Gasteiger partial charge in [-0.3, -0.25) is 28.9 Å². The van der Waals surface area contributed by atoms with Crippen molar-refractivity contribution in [1.29, 1.82) is 0 Å². The van der Waals surface area contributed by atoms with Gasteiger partial charge < -0.3 is 15.2 Å². The van der Waals surface area contributed by atoms with Gasteiger partial charge in [-0.05, 0) is 6.07 Å². The third-order valence-corrected chi connectivity index (χ3v) is 7.83. The lowest BCUT2D eigenvalue weighted by atomic mass is 10.2. The fourth-order valence-corrected chi connectivity index (χ4v) is 5.73. The van der Waals surface area contributed by atoms with E-state index in [0.717, 1.165) is 28.4 Å². The van der Waals surface area contributed by atoms with Crippen LogP contribution in [0.5, 0.6) is 0 Å². The number of carbonyl (C=O) groups is 2. The van der Waals surface area contributed by atoms with Crippen LogP contribution in [0.3, 0.4) is 0 Å². The Hall–Kier alpha value is -4.10. The summed E-state index contributed by atoms with van der Waals surface area (Å²) in [6.07, 6.45) is 7.07. The molecule has 1 aliphatic rings. The van der Waals surface area contributed by atoms with Gasteiger partial charge in [0, 0.05) is 77.4 Å². The number of aromatic nitrogens is 6. The summed E-state index contributed by atoms with van der Waals surface area (Å²) in [6.45, 7) is 5.74. The Morgan fingerprint density at radius 2 is 1.95 bits per heavy atom. The number of pyridine rings is 2. The minimum Gasteiger partial charge on any atom is -0.351 e. The Bertz CT molecular complexity index is 1720. The number of carbonyl (C=O) groups excluding carboxylic acids is 2. The topological polar surface area (TPSA) is 134 Å². The Morgan fingerprint density at radius 3 is 2.68 bits per heavy atom. The van der Waals surface area contributed by atoms with E-state index in [9.17, 15) is 14.4 Å². The minimum atomic E-state index is -0.277. The van der Waals surface area contributed by atoms with E-state index >= 15 is 0 Å². The average molecular weight is 520 g/mol. The molecule has 6 heterocycles. The molecule has 37 heavy (non-hydrogen) atoms. The summed E-state index contributed by atoms with van der Waals surface area (Å²) < 4.78 is 3.43. The van der Waals surface area contributed by atoms with E-state index < -0.39 is 0 Å². The summed E-state index contributed by atoms with van der Waals surface area (Å²) in [6, 6.07) is 1.64. The van der Waals surface area contributed by atoms with E-state index in [1.165, 1.54) is 17.5 Å². The van der Waals surface area contributed by atoms with Crippen molar-refractivity contribution in [2.45, 2.75) is 6.92 Å². The second-order valence-corrected chi connectivity index (χ2v) is 10.2. The molecule has 0 unspecified atom stereocenters. The average Bonchev–Trinajstić information content (AvgIpc) is 3.58. The second-order valence-electron chi connectivity index (χ2n) is 9.15. The molecule has 0 atom stereocenters. The molecular formula is C24H25N9O3S. The van der Waals surface area contributed by atoms with Crippen molar-refractivity contribution in [2.24, 2.45) is 7.05 Å². The first kappa shape index (κ1) is 23.3. The molecule has 0 spiro atoms. The lowest BCUT2D eigenvalue weighted by Gasteiger charge is -2.34. The van der Waals surface area contributed by atoms with E-state index in [0.29, 0.717) is 53.7 Å². The van der Waals surface area contributed by atoms with Crippen molar-refractivity contribution in [2.75, 3.05) is 39.3 Å². The van der Waals surface area contributed by atoms with E-state index in [1.54, 1.807) is 28.4 Å². The molecule has 1 fully saturated rings. The fourth-order valence-electron chi connectivity index (χ4n) is 4.67. The lowest BCUT2D eigenvalue weighted by molar-refractivity contribution is -0.130. The quantitative estimate of drug-likeness (QED) is 0.355. The van der Waals surface area contributed by atoms with Crippen LogP contribution in [0.15, 0.2) is 35.6 Å². The molecule has 5 aromatic rings. The predicted molar refractivity (Wildman–Crippen MR) is 140 cm³/mol. The number of aromatic amines is 1. The van der Waals surface area contributed by atoms with Crippen molar-refractivity contribution in [3.05, 3.63) is 46.8 Å². The Balaban J connectivity index is 1.20. The first-order valence-corrected chi connectivity index (χ1v) is 12.8. The molecule has 6 rings (SSSR count). The molecular weight excluding hydrogens is 494 g/mol. The molecule has 0 aliphatic carbocycles. The van der Waals surface area contributed by atoms with Crippen molar-refractivity contribution >= 4 is 49.9 Å². The zero-order valence-corrected chi connectivity index (χ0v) is 21.2. The molecule has 13 heteroatoms. The second kappa shape index (κ2) is 9.09. The minimum absolute atomic E-state index is 0.0944. The number of piperazine rings is 1. The van der Waals surface area contributed by atoms with Crippen LogP contribution in [0.4, 0.5) is 0 Å². The van der Waals surface area contributed by atoms with Gasteiger partial charge in [-0.2, -0.15) is 10.2 Å². The van der Waals surface area contributed by atoms with Gasteiger partial charge in [-0.1, -0.05) is 0 Å². The van der Waals surface area contributed by atoms with Crippen molar-refractivity contribution in [1.82, 2.24) is 44.5 Å². The third kappa shape index (κ3) is 4.25. The highest BCUT2D eigenvalue weighted by Crippen LogP contribution is 2.32. The van der Waals surface area contributed by atoms with E-state index in [4.69, 9.17) is 0 Å². The van der Waals surface area contributed by atoms with Crippen LogP contribution < -0.4 is 10.9 Å². The number of hydrogen-bond acceptors (Lipinski definition) is 8. The number of thiazole rings is 1. The van der Waals surface area contributed by atoms with E-state index in [-0.39, 0.29) is 17.4 Å². The number of H-pyrrole nitrogens is 1. The number of rotatable bonds is 5. The molecule has 2 amide bonds. The maximum absolute atomic E-state index is 13.0. The maximum Gasteiger partial charge on any atom is 0.261 e. The lowest BCUT2D eigenvalue weighted by Crippen LogP contribution is -2.49. The third-order valence-electron chi connectivity index (χ3n) is 6.68. The summed E-state index contributed by atoms with van der Waals surface area (Å²) >= 11 is 1.46. The normalized spacial score (nSPS) is 14.7. The molecule has 0 saturated carbocycles. The number of hydrogen-bond donors (Lipinski definition) is 2. The zero-order valence-electron chi connectivity index (χ0n) is 20.4. The van der Waals surface area contributed by atoms with E-state index in [1.807, 2.05) is 24.3 Å². The summed E-state index contributed by atoms with van der Waals surface area (Å²) in [4.78, 5) is 50.4. The highest BCUT2D eigenvalue weighted by molar-refractivity contribution is 7.21. The Morgan fingerprint density at radius 1 is 1.14 bits per heavy atom. The van der Waals surface area contributed by atoms with Crippen LogP contribution in [-0.4, -0.2) is 90.2 Å². The zero-order chi connectivity index (χ0) is 25.7. The Labute approximate surface area is 214 Å². The van der Waals surface area contributed by atoms with Crippen LogP contribution in [0, 0.1) is 0 Å². The molecule has 0 bridgehead atoms. The molecule has 2 N–H and O–H groups in total. The number of amides is 2. The summed E-state index contributed by atoms with van der Waals surface area (Å²) in [5.41, 5.74) is 2.54. The summed E-state index contributed by atoms with van der Waals surface area (Å²) in [7, 11) is 1.85. The van der Waals surface area contributed by atoms with E-state index in [2.05, 4.69) is 30.4 Å². The monoisotopic (exact) mass is 519 g/mol. The Kier molecular flexibility index (Phi) is 5.72. The highest BCUT2D eigenvalue weighted by Gasteiger charge is 2.20. The van der Waals surface area contributed by atoms with Crippen molar-refractivity contribution in [3.8, 4) is 10.4 Å². The standard InChI is InChI=1S/C24H25N9O3S/c1-14(34)32-7-5-31(6-8-32)4-3-25-22(35)15-9-17-20(26-10-15)21-19(23(36)28-17)24-33(29-21)13-18(37-24)16-11-27-30(2)12-16/h9-13H,3-8H2,1-2H3,(H,25,35)(H,28,36). The van der Waals surface area contributed by atoms with Gasteiger partial charge >= 0.3 is 0 Å². The fraction of sp³-hybridized carbons (Fsp3) is 0.333. The van der Waals surface area contributed by atoms with Gasteiger partial charge in [0.15, 0.2) is 0 Å². The summed E-state index contributed by atoms with van der Waals surface area (Å²) in [5.74, 6) is -0.165. The largest absolute Gasteiger partial charge is 0.351 e. The van der Waals surface area contributed by atoms with Crippen LogP contribution >= 0.6 is 11.3 Å². The predicted octanol–water partition coefficient (Wildman–Crippen LogP) is 1.08.